The molecule has 0 spiro atoms. The second-order valence-corrected chi connectivity index (χ2v) is 6.69. The van der Waals surface area contributed by atoms with Gasteiger partial charge in [-0.2, -0.15) is 5.10 Å². The lowest BCUT2D eigenvalue weighted by Crippen LogP contribution is -2.41. The number of halogens is 1. The zero-order chi connectivity index (χ0) is 16.8. The number of benzene rings is 1. The highest BCUT2D eigenvalue weighted by Crippen LogP contribution is 2.40. The molecule has 3 rings (SSSR count). The van der Waals surface area contributed by atoms with Crippen LogP contribution < -0.4 is 15.8 Å². The number of fused-ring (bicyclic) bond motifs is 1. The van der Waals surface area contributed by atoms with E-state index in [-0.39, 0.29) is 30.0 Å². The normalized spacial score (nSPS) is 18.1. The lowest BCUT2D eigenvalue weighted by molar-refractivity contribution is 0.0620. The molecule has 3 N–H and O–H groups in total. The number of hydrogen-bond donors (Lipinski definition) is 2. The van der Waals surface area contributed by atoms with E-state index in [1.807, 2.05) is 39.0 Å². The van der Waals surface area contributed by atoms with E-state index in [0.717, 1.165) is 11.3 Å². The Hall–Kier alpha value is -2.21. The summed E-state index contributed by atoms with van der Waals surface area (Å²) in [7, 11) is 1.80. The first kappa shape index (κ1) is 18.1. The summed E-state index contributed by atoms with van der Waals surface area (Å²) >= 11 is 0. The van der Waals surface area contributed by atoms with Gasteiger partial charge in [0, 0.05) is 30.9 Å². The van der Waals surface area contributed by atoms with Gasteiger partial charge in [-0.25, -0.2) is 0 Å². The number of nitrogen functional groups attached to an aromatic ring is 1. The van der Waals surface area contributed by atoms with Crippen LogP contribution in [0.1, 0.15) is 47.9 Å². The van der Waals surface area contributed by atoms with Crippen molar-refractivity contribution in [1.82, 2.24) is 15.1 Å². The van der Waals surface area contributed by atoms with Crippen LogP contribution in [0.25, 0.3) is 0 Å². The number of aromatic nitrogens is 2. The summed E-state index contributed by atoms with van der Waals surface area (Å²) in [6, 6.07) is 5.39. The van der Waals surface area contributed by atoms with Crippen LogP contribution in [-0.2, 0) is 7.05 Å². The highest BCUT2D eigenvalue weighted by molar-refractivity contribution is 5.95. The van der Waals surface area contributed by atoms with Crippen LogP contribution >= 0.6 is 12.4 Å². The van der Waals surface area contributed by atoms with Gasteiger partial charge < -0.3 is 15.8 Å². The van der Waals surface area contributed by atoms with Crippen molar-refractivity contribution in [3.63, 3.8) is 0 Å². The third-order valence-electron chi connectivity index (χ3n) is 4.05. The van der Waals surface area contributed by atoms with Gasteiger partial charge in [-0.3, -0.25) is 9.48 Å². The Kier molecular flexibility index (Phi) is 4.80. The maximum absolute atomic E-state index is 12.6. The summed E-state index contributed by atoms with van der Waals surface area (Å²) in [5.74, 6) is 0.635. The average molecular weight is 351 g/mol. The van der Waals surface area contributed by atoms with Gasteiger partial charge in [0.25, 0.3) is 5.91 Å². The Labute approximate surface area is 147 Å². The van der Waals surface area contributed by atoms with E-state index >= 15 is 0 Å². The first-order valence-corrected chi connectivity index (χ1v) is 7.65. The molecule has 1 aromatic carbocycles. The van der Waals surface area contributed by atoms with Crippen LogP contribution in [0, 0.1) is 6.92 Å². The zero-order valence-electron chi connectivity index (χ0n) is 14.3. The molecule has 1 aliphatic rings. The monoisotopic (exact) mass is 350 g/mol. The average Bonchev–Trinajstić information content (AvgIpc) is 2.78. The molecule has 0 saturated heterocycles. The van der Waals surface area contributed by atoms with Gasteiger partial charge in [0.15, 0.2) is 0 Å². The summed E-state index contributed by atoms with van der Waals surface area (Å²) in [6.45, 7) is 5.86. The van der Waals surface area contributed by atoms with Crippen molar-refractivity contribution < 1.29 is 9.53 Å². The molecular weight excluding hydrogens is 328 g/mol. The van der Waals surface area contributed by atoms with Crippen molar-refractivity contribution in [2.45, 2.75) is 38.8 Å². The molecule has 0 bridgehead atoms. The first-order chi connectivity index (χ1) is 10.7. The molecule has 6 nitrogen and oxygen atoms in total. The minimum atomic E-state index is -0.356. The Morgan fingerprint density at radius 3 is 2.79 bits per heavy atom. The van der Waals surface area contributed by atoms with E-state index in [1.165, 1.54) is 0 Å². The third-order valence-corrected chi connectivity index (χ3v) is 4.05. The van der Waals surface area contributed by atoms with E-state index in [0.29, 0.717) is 23.4 Å². The molecule has 130 valence electrons. The molecular formula is C17H23ClN4O2. The SMILES string of the molecule is Cc1nn(C)cc1C(=O)NC1CC(C)(C)Oc2ccc(N)cc21.Cl. The molecule has 0 saturated carbocycles. The number of rotatable bonds is 2. The van der Waals surface area contributed by atoms with Gasteiger partial charge in [0.05, 0.1) is 17.3 Å². The van der Waals surface area contributed by atoms with E-state index in [9.17, 15) is 4.79 Å². The smallest absolute Gasteiger partial charge is 0.255 e. The van der Waals surface area contributed by atoms with Crippen LogP contribution in [0.3, 0.4) is 0 Å². The van der Waals surface area contributed by atoms with Gasteiger partial charge in [0.1, 0.15) is 11.4 Å². The number of carbonyl (C=O) groups excluding carboxylic acids is 1. The quantitative estimate of drug-likeness (QED) is 0.816. The summed E-state index contributed by atoms with van der Waals surface area (Å²) in [5.41, 5.74) is 8.41. The number of nitrogens with zero attached hydrogens (tertiary/aromatic N) is 2. The lowest BCUT2D eigenvalue weighted by atomic mass is 9.89. The van der Waals surface area contributed by atoms with Gasteiger partial charge >= 0.3 is 0 Å². The second-order valence-electron chi connectivity index (χ2n) is 6.69. The standard InChI is InChI=1S/C17H22N4O2.ClH/c1-10-13(9-21(4)20-10)16(22)19-14-8-17(2,3)23-15-6-5-11(18)7-12(14)15;/h5-7,9,14H,8,18H2,1-4H3,(H,19,22);1H. The Bertz CT molecular complexity index is 770. The van der Waals surface area contributed by atoms with Crippen LogP contribution in [0.5, 0.6) is 5.75 Å². The molecule has 0 fully saturated rings. The maximum Gasteiger partial charge on any atom is 0.255 e. The van der Waals surface area contributed by atoms with Crippen LogP contribution in [-0.4, -0.2) is 21.3 Å². The highest BCUT2D eigenvalue weighted by Gasteiger charge is 2.35. The number of anilines is 1. The highest BCUT2D eigenvalue weighted by atomic mass is 35.5. The lowest BCUT2D eigenvalue weighted by Gasteiger charge is -2.38. The fraction of sp³-hybridized carbons (Fsp3) is 0.412. The van der Waals surface area contributed by atoms with E-state index in [1.54, 1.807) is 17.9 Å². The largest absolute Gasteiger partial charge is 0.487 e. The molecule has 1 amide bonds. The van der Waals surface area contributed by atoms with E-state index < -0.39 is 0 Å². The molecule has 1 aromatic heterocycles. The molecule has 2 aromatic rings. The van der Waals surface area contributed by atoms with Crippen molar-refractivity contribution in [2.24, 2.45) is 7.05 Å². The Balaban J connectivity index is 0.00000208. The molecule has 0 aliphatic carbocycles. The van der Waals surface area contributed by atoms with Crippen LogP contribution in [0.15, 0.2) is 24.4 Å². The number of amides is 1. The van der Waals surface area contributed by atoms with Crippen molar-refractivity contribution in [3.8, 4) is 5.75 Å². The Morgan fingerprint density at radius 1 is 1.46 bits per heavy atom. The number of nitrogens with one attached hydrogen (secondary N) is 1. The predicted octanol–water partition coefficient (Wildman–Crippen LogP) is 2.76. The number of hydrogen-bond acceptors (Lipinski definition) is 4. The molecule has 1 unspecified atom stereocenters. The number of ether oxygens (including phenoxy) is 1. The first-order valence-electron chi connectivity index (χ1n) is 7.65. The minimum Gasteiger partial charge on any atom is -0.487 e. The minimum absolute atomic E-state index is 0. The fourth-order valence-corrected chi connectivity index (χ4v) is 3.06. The molecule has 24 heavy (non-hydrogen) atoms. The molecule has 2 heterocycles. The fourth-order valence-electron chi connectivity index (χ4n) is 3.06. The molecule has 1 aliphatic heterocycles. The number of aryl methyl sites for hydroxylation is 2. The topological polar surface area (TPSA) is 82.2 Å². The number of nitrogens with two attached hydrogens (primary N) is 1. The van der Waals surface area contributed by atoms with Crippen molar-refractivity contribution in [1.29, 1.82) is 0 Å². The van der Waals surface area contributed by atoms with Crippen LogP contribution in [0.2, 0.25) is 0 Å². The van der Waals surface area contributed by atoms with Crippen molar-refractivity contribution >= 4 is 24.0 Å². The van der Waals surface area contributed by atoms with Crippen LogP contribution in [0.4, 0.5) is 5.69 Å². The van der Waals surface area contributed by atoms with Gasteiger partial charge in [-0.05, 0) is 39.0 Å². The zero-order valence-corrected chi connectivity index (χ0v) is 15.1. The van der Waals surface area contributed by atoms with Crippen molar-refractivity contribution in [3.05, 3.63) is 41.2 Å². The summed E-state index contributed by atoms with van der Waals surface area (Å²) in [4.78, 5) is 12.6. The molecule has 0 radical (unpaired) electrons. The number of carbonyl (C=O) groups is 1. The van der Waals surface area contributed by atoms with E-state index in [2.05, 4.69) is 10.4 Å². The van der Waals surface area contributed by atoms with Gasteiger partial charge in [-0.15, -0.1) is 12.4 Å². The van der Waals surface area contributed by atoms with Gasteiger partial charge in [0.2, 0.25) is 0 Å². The molecule has 7 heteroatoms. The second kappa shape index (κ2) is 6.36. The third kappa shape index (κ3) is 3.48. The Morgan fingerprint density at radius 2 is 2.17 bits per heavy atom. The van der Waals surface area contributed by atoms with Gasteiger partial charge in [-0.1, -0.05) is 0 Å². The summed E-state index contributed by atoms with van der Waals surface area (Å²) < 4.78 is 7.64. The van der Waals surface area contributed by atoms with E-state index in [4.69, 9.17) is 10.5 Å². The maximum atomic E-state index is 12.6. The molecule has 1 atom stereocenters. The predicted molar refractivity (Wildman–Crippen MR) is 95.6 cm³/mol. The van der Waals surface area contributed by atoms with Crippen molar-refractivity contribution in [2.75, 3.05) is 5.73 Å². The summed E-state index contributed by atoms with van der Waals surface area (Å²) in [5, 5.41) is 7.32. The summed E-state index contributed by atoms with van der Waals surface area (Å²) in [6.07, 6.45) is 2.41.